The number of rotatable bonds is 4. The van der Waals surface area contributed by atoms with Crippen LogP contribution in [0.1, 0.15) is 6.42 Å². The molecule has 1 aliphatic rings. The number of nitrogens with zero attached hydrogens (tertiary/aromatic N) is 1. The molecule has 1 saturated heterocycles. The molecule has 4 N–H and O–H groups in total. The molecule has 0 spiro atoms. The Bertz CT molecular complexity index is 739. The average molecular weight is 387 g/mol. The summed E-state index contributed by atoms with van der Waals surface area (Å²) in [5.41, 5.74) is 1.31. The van der Waals surface area contributed by atoms with Crippen LogP contribution in [0.5, 0.6) is 0 Å². The van der Waals surface area contributed by atoms with E-state index in [0.29, 0.717) is 24.2 Å². The van der Waals surface area contributed by atoms with Crippen molar-refractivity contribution in [1.82, 2.24) is 15.6 Å². The van der Waals surface area contributed by atoms with Crippen LogP contribution in [-0.2, 0) is 9.59 Å². The summed E-state index contributed by atoms with van der Waals surface area (Å²) in [6.07, 6.45) is 1.51. The molecule has 9 heteroatoms. The SMILES string of the molecule is Cl.Cl.O=C(CNC(=O)C1CC(O)CN1)Nc1cccc2cccnc12. The van der Waals surface area contributed by atoms with Gasteiger partial charge in [0, 0.05) is 18.1 Å². The molecule has 1 fully saturated rings. The van der Waals surface area contributed by atoms with Crippen molar-refractivity contribution in [2.24, 2.45) is 0 Å². The van der Waals surface area contributed by atoms with Gasteiger partial charge in [0.05, 0.1) is 29.9 Å². The van der Waals surface area contributed by atoms with Gasteiger partial charge >= 0.3 is 0 Å². The molecule has 2 atom stereocenters. The van der Waals surface area contributed by atoms with Gasteiger partial charge in [-0.2, -0.15) is 0 Å². The monoisotopic (exact) mass is 386 g/mol. The van der Waals surface area contributed by atoms with E-state index in [-0.39, 0.29) is 43.2 Å². The number of aromatic nitrogens is 1. The second-order valence-electron chi connectivity index (χ2n) is 5.50. The van der Waals surface area contributed by atoms with Crippen molar-refractivity contribution in [2.45, 2.75) is 18.6 Å². The summed E-state index contributed by atoms with van der Waals surface area (Å²) < 4.78 is 0. The molecule has 2 heterocycles. The van der Waals surface area contributed by atoms with E-state index in [1.165, 1.54) is 0 Å². The van der Waals surface area contributed by atoms with E-state index >= 15 is 0 Å². The zero-order valence-corrected chi connectivity index (χ0v) is 14.9. The second-order valence-corrected chi connectivity index (χ2v) is 5.50. The number of benzene rings is 1. The van der Waals surface area contributed by atoms with Gasteiger partial charge in [0.15, 0.2) is 0 Å². The van der Waals surface area contributed by atoms with E-state index in [0.717, 1.165) is 5.39 Å². The minimum Gasteiger partial charge on any atom is -0.392 e. The van der Waals surface area contributed by atoms with Crippen LogP contribution in [-0.4, -0.2) is 47.1 Å². The van der Waals surface area contributed by atoms with Gasteiger partial charge in [-0.15, -0.1) is 24.8 Å². The highest BCUT2D eigenvalue weighted by Gasteiger charge is 2.28. The van der Waals surface area contributed by atoms with Gasteiger partial charge in [-0.25, -0.2) is 0 Å². The Balaban J connectivity index is 0.00000156. The molecule has 0 aliphatic carbocycles. The number of carbonyl (C=O) groups is 2. The van der Waals surface area contributed by atoms with E-state index in [9.17, 15) is 14.7 Å². The predicted molar refractivity (Wildman–Crippen MR) is 100 cm³/mol. The zero-order chi connectivity index (χ0) is 16.2. The number of fused-ring (bicyclic) bond motifs is 1. The second kappa shape index (κ2) is 9.53. The first-order valence-electron chi connectivity index (χ1n) is 7.46. The molecule has 2 amide bonds. The number of aliphatic hydroxyl groups excluding tert-OH is 1. The molecule has 0 saturated carbocycles. The topological polar surface area (TPSA) is 103 Å². The van der Waals surface area contributed by atoms with E-state index in [4.69, 9.17) is 0 Å². The highest BCUT2D eigenvalue weighted by Crippen LogP contribution is 2.20. The summed E-state index contributed by atoms with van der Waals surface area (Å²) in [5.74, 6) is -0.609. The first kappa shape index (κ1) is 21.1. The fourth-order valence-corrected chi connectivity index (χ4v) is 2.61. The highest BCUT2D eigenvalue weighted by atomic mass is 35.5. The molecule has 2 unspecified atom stereocenters. The van der Waals surface area contributed by atoms with Gasteiger partial charge in [-0.3, -0.25) is 14.6 Å². The van der Waals surface area contributed by atoms with Crippen LogP contribution in [0.4, 0.5) is 5.69 Å². The smallest absolute Gasteiger partial charge is 0.243 e. The Kier molecular flexibility index (Phi) is 8.05. The molecule has 0 bridgehead atoms. The third-order valence-electron chi connectivity index (χ3n) is 3.75. The van der Waals surface area contributed by atoms with Crippen LogP contribution < -0.4 is 16.0 Å². The molecular formula is C16H20Cl2N4O3. The van der Waals surface area contributed by atoms with Gasteiger partial charge in [0.2, 0.25) is 11.8 Å². The van der Waals surface area contributed by atoms with Crippen molar-refractivity contribution in [3.05, 3.63) is 36.5 Å². The van der Waals surface area contributed by atoms with Gasteiger partial charge in [-0.05, 0) is 18.6 Å². The Labute approximate surface area is 157 Å². The number of halogens is 2. The summed E-state index contributed by atoms with van der Waals surface area (Å²) in [7, 11) is 0. The lowest BCUT2D eigenvalue weighted by Gasteiger charge is -2.12. The number of hydrogen-bond donors (Lipinski definition) is 4. The lowest BCUT2D eigenvalue weighted by molar-refractivity contribution is -0.125. The van der Waals surface area contributed by atoms with Crippen molar-refractivity contribution >= 4 is 53.2 Å². The number of amides is 2. The van der Waals surface area contributed by atoms with Crippen LogP contribution in [0.15, 0.2) is 36.5 Å². The lowest BCUT2D eigenvalue weighted by atomic mass is 10.2. The molecule has 2 aromatic rings. The Morgan fingerprint density at radius 3 is 2.72 bits per heavy atom. The van der Waals surface area contributed by atoms with Crippen molar-refractivity contribution in [3.8, 4) is 0 Å². The normalized spacial score (nSPS) is 18.8. The van der Waals surface area contributed by atoms with Crippen molar-refractivity contribution < 1.29 is 14.7 Å². The highest BCUT2D eigenvalue weighted by molar-refractivity contribution is 6.01. The number of hydrogen-bond acceptors (Lipinski definition) is 5. The average Bonchev–Trinajstić information content (AvgIpc) is 2.99. The number of para-hydroxylation sites is 1. The first-order chi connectivity index (χ1) is 11.1. The largest absolute Gasteiger partial charge is 0.392 e. The summed E-state index contributed by atoms with van der Waals surface area (Å²) in [4.78, 5) is 28.2. The van der Waals surface area contributed by atoms with Crippen LogP contribution in [0, 0.1) is 0 Å². The summed E-state index contributed by atoms with van der Waals surface area (Å²) in [6, 6.07) is 8.81. The molecule has 1 aromatic carbocycles. The van der Waals surface area contributed by atoms with Gasteiger partial charge in [-0.1, -0.05) is 18.2 Å². The molecule has 7 nitrogen and oxygen atoms in total. The third-order valence-corrected chi connectivity index (χ3v) is 3.75. The van der Waals surface area contributed by atoms with Crippen LogP contribution in [0.25, 0.3) is 10.9 Å². The summed E-state index contributed by atoms with van der Waals surface area (Å²) in [6.45, 7) is 0.266. The maximum absolute atomic E-state index is 12.0. The minimum absolute atomic E-state index is 0. The van der Waals surface area contributed by atoms with E-state index in [2.05, 4.69) is 20.9 Å². The molecule has 136 valence electrons. The van der Waals surface area contributed by atoms with Gasteiger partial charge < -0.3 is 21.1 Å². The van der Waals surface area contributed by atoms with Gasteiger partial charge in [0.1, 0.15) is 0 Å². The fraction of sp³-hybridized carbons (Fsp3) is 0.312. The molecule has 1 aliphatic heterocycles. The van der Waals surface area contributed by atoms with Crippen LogP contribution >= 0.6 is 24.8 Å². The first-order valence-corrected chi connectivity index (χ1v) is 7.46. The van der Waals surface area contributed by atoms with Crippen LogP contribution in [0.2, 0.25) is 0 Å². The predicted octanol–water partition coefficient (Wildman–Crippen LogP) is 0.856. The summed E-state index contributed by atoms with van der Waals surface area (Å²) >= 11 is 0. The molecule has 25 heavy (non-hydrogen) atoms. The fourth-order valence-electron chi connectivity index (χ4n) is 2.61. The number of carbonyl (C=O) groups excluding carboxylic acids is 2. The van der Waals surface area contributed by atoms with E-state index in [1.54, 1.807) is 12.3 Å². The zero-order valence-electron chi connectivity index (χ0n) is 13.3. The van der Waals surface area contributed by atoms with Crippen molar-refractivity contribution in [3.63, 3.8) is 0 Å². The maximum atomic E-state index is 12.0. The Hall–Kier alpha value is -1.93. The summed E-state index contributed by atoms with van der Waals surface area (Å²) in [5, 5.41) is 18.5. The number of pyridine rings is 1. The van der Waals surface area contributed by atoms with Crippen LogP contribution in [0.3, 0.4) is 0 Å². The molecular weight excluding hydrogens is 367 g/mol. The van der Waals surface area contributed by atoms with Crippen molar-refractivity contribution in [2.75, 3.05) is 18.4 Å². The number of anilines is 1. The van der Waals surface area contributed by atoms with Crippen molar-refractivity contribution in [1.29, 1.82) is 0 Å². The number of β-amino-alcohol motifs (C(OH)–C–C–N with tert-alkyl or cyclic N) is 1. The Morgan fingerprint density at radius 1 is 1.24 bits per heavy atom. The Morgan fingerprint density at radius 2 is 2.00 bits per heavy atom. The number of aliphatic hydroxyl groups is 1. The lowest BCUT2D eigenvalue weighted by Crippen LogP contribution is -2.43. The maximum Gasteiger partial charge on any atom is 0.243 e. The quantitative estimate of drug-likeness (QED) is 0.623. The third kappa shape index (κ3) is 5.27. The number of nitrogens with one attached hydrogen (secondary N) is 3. The van der Waals surface area contributed by atoms with E-state index < -0.39 is 12.1 Å². The molecule has 3 rings (SSSR count). The van der Waals surface area contributed by atoms with E-state index in [1.807, 2.05) is 24.3 Å². The molecule has 1 aromatic heterocycles. The van der Waals surface area contributed by atoms with Gasteiger partial charge in [0.25, 0.3) is 0 Å². The minimum atomic E-state index is -0.513. The molecule has 0 radical (unpaired) electrons. The standard InChI is InChI=1S/C16H18N4O3.2ClH/c21-11-7-13(18-8-11)16(23)19-9-14(22)20-12-5-1-3-10-4-2-6-17-15(10)12;;/h1-6,11,13,18,21H,7-9H2,(H,19,23)(H,20,22);2*1H.